The standard InChI is InChI=1S/C25H25Cl2FN4O3/c1-14-11-22-19(13-31(14)24(33)17-5-8-20(26)21(27)12-17)23(25(34)35)32(30-22)10-9-29-15(2)16-3-6-18(28)7-4-16/h3-8,12,14-15,29H,9-11,13H2,1-2H3,(H,34,35)/t14-,15-/m1/s1. The number of benzene rings is 2. The van der Waals surface area contributed by atoms with E-state index >= 15 is 0 Å². The third-order valence-electron chi connectivity index (χ3n) is 6.26. The molecule has 1 aliphatic rings. The molecule has 3 aromatic rings. The summed E-state index contributed by atoms with van der Waals surface area (Å²) in [7, 11) is 0. The van der Waals surface area contributed by atoms with E-state index in [1.807, 2.05) is 13.8 Å². The van der Waals surface area contributed by atoms with Crippen LogP contribution in [0.1, 0.15) is 57.6 Å². The zero-order valence-corrected chi connectivity index (χ0v) is 20.8. The number of halogens is 3. The molecule has 0 fully saturated rings. The number of carboxylic acid groups (broad SMARTS) is 1. The fraction of sp³-hybridized carbons (Fsp3) is 0.320. The monoisotopic (exact) mass is 518 g/mol. The SMILES string of the molecule is C[C@@H]1Cc2nn(CCN[C@H](C)c3ccc(F)cc3)c(C(=O)O)c2CN1C(=O)c1ccc(Cl)c(Cl)c1. The van der Waals surface area contributed by atoms with E-state index in [1.54, 1.807) is 29.2 Å². The predicted molar refractivity (Wildman–Crippen MR) is 132 cm³/mol. The third kappa shape index (κ3) is 5.34. The van der Waals surface area contributed by atoms with Gasteiger partial charge >= 0.3 is 5.97 Å². The Morgan fingerprint density at radius 2 is 1.91 bits per heavy atom. The summed E-state index contributed by atoms with van der Waals surface area (Å²) in [5.74, 6) is -1.64. The van der Waals surface area contributed by atoms with Crippen LogP contribution in [0, 0.1) is 5.82 Å². The summed E-state index contributed by atoms with van der Waals surface area (Å²) in [4.78, 5) is 27.0. The number of nitrogens with one attached hydrogen (secondary N) is 1. The summed E-state index contributed by atoms with van der Waals surface area (Å²) in [6.07, 6.45) is 0.440. The Labute approximate surface area is 212 Å². The van der Waals surface area contributed by atoms with Crippen molar-refractivity contribution in [3.63, 3.8) is 0 Å². The number of nitrogens with zero attached hydrogens (tertiary/aromatic N) is 3. The highest BCUT2D eigenvalue weighted by Crippen LogP contribution is 2.29. The van der Waals surface area contributed by atoms with Crippen molar-refractivity contribution in [1.82, 2.24) is 20.0 Å². The normalized spacial score (nSPS) is 16.1. The van der Waals surface area contributed by atoms with Crippen LogP contribution < -0.4 is 5.32 Å². The minimum atomic E-state index is -1.10. The van der Waals surface area contributed by atoms with Crippen LogP contribution in [0.2, 0.25) is 10.0 Å². The molecule has 0 saturated heterocycles. The number of carboxylic acids is 1. The molecule has 0 unspecified atom stereocenters. The van der Waals surface area contributed by atoms with Crippen molar-refractivity contribution in [2.45, 2.75) is 45.4 Å². The van der Waals surface area contributed by atoms with Gasteiger partial charge in [0.05, 0.1) is 28.8 Å². The lowest BCUT2D eigenvalue weighted by Gasteiger charge is -2.33. The minimum Gasteiger partial charge on any atom is -0.477 e. The molecule has 1 amide bonds. The van der Waals surface area contributed by atoms with Gasteiger partial charge in [-0.25, -0.2) is 9.18 Å². The van der Waals surface area contributed by atoms with Crippen LogP contribution in [0.3, 0.4) is 0 Å². The van der Waals surface area contributed by atoms with Crippen LogP contribution >= 0.6 is 23.2 Å². The van der Waals surface area contributed by atoms with E-state index in [1.165, 1.54) is 22.9 Å². The lowest BCUT2D eigenvalue weighted by molar-refractivity contribution is 0.0634. The van der Waals surface area contributed by atoms with Gasteiger partial charge in [-0.15, -0.1) is 0 Å². The second-order valence-corrected chi connectivity index (χ2v) is 9.46. The Kier molecular flexibility index (Phi) is 7.44. The summed E-state index contributed by atoms with van der Waals surface area (Å²) in [5.41, 5.74) is 2.61. The lowest BCUT2D eigenvalue weighted by atomic mass is 9.98. The molecular formula is C25H25Cl2FN4O3. The van der Waals surface area contributed by atoms with E-state index in [0.29, 0.717) is 41.4 Å². The Bertz CT molecular complexity index is 1260. The maximum atomic E-state index is 13.2. The van der Waals surface area contributed by atoms with Gasteiger partial charge in [0.1, 0.15) is 5.82 Å². The van der Waals surface area contributed by atoms with Crippen molar-refractivity contribution in [2.75, 3.05) is 6.54 Å². The molecular weight excluding hydrogens is 494 g/mol. The lowest BCUT2D eigenvalue weighted by Crippen LogP contribution is -2.42. The van der Waals surface area contributed by atoms with Gasteiger partial charge in [-0.1, -0.05) is 35.3 Å². The zero-order chi connectivity index (χ0) is 25.3. The Balaban J connectivity index is 1.51. The van der Waals surface area contributed by atoms with Crippen molar-refractivity contribution < 1.29 is 19.1 Å². The topological polar surface area (TPSA) is 87.5 Å². The Morgan fingerprint density at radius 3 is 2.57 bits per heavy atom. The van der Waals surface area contributed by atoms with Crippen LogP contribution in [-0.4, -0.2) is 44.3 Å². The Hall–Kier alpha value is -2.94. The fourth-order valence-corrected chi connectivity index (χ4v) is 4.62. The Morgan fingerprint density at radius 1 is 1.20 bits per heavy atom. The largest absolute Gasteiger partial charge is 0.477 e. The van der Waals surface area contributed by atoms with Crippen LogP contribution in [0.25, 0.3) is 0 Å². The molecule has 4 rings (SSSR count). The molecule has 0 aliphatic carbocycles. The van der Waals surface area contributed by atoms with Crippen LogP contribution in [0.15, 0.2) is 42.5 Å². The van der Waals surface area contributed by atoms with E-state index in [4.69, 9.17) is 23.2 Å². The van der Waals surface area contributed by atoms with Crippen molar-refractivity contribution in [3.8, 4) is 0 Å². The average Bonchev–Trinajstić information content (AvgIpc) is 3.17. The highest BCUT2D eigenvalue weighted by molar-refractivity contribution is 6.42. The first-order valence-corrected chi connectivity index (χ1v) is 12.0. The number of carbonyl (C=O) groups is 2. The summed E-state index contributed by atoms with van der Waals surface area (Å²) in [5, 5.41) is 18.5. The highest BCUT2D eigenvalue weighted by atomic mass is 35.5. The molecule has 1 aliphatic heterocycles. The first kappa shape index (κ1) is 25.2. The van der Waals surface area contributed by atoms with Gasteiger partial charge < -0.3 is 15.3 Å². The van der Waals surface area contributed by atoms with E-state index in [2.05, 4.69) is 10.4 Å². The minimum absolute atomic E-state index is 0.0478. The number of aromatic carboxylic acids is 1. The average molecular weight is 519 g/mol. The predicted octanol–water partition coefficient (Wildman–Crippen LogP) is 4.97. The second-order valence-electron chi connectivity index (χ2n) is 8.64. The number of hydrogen-bond acceptors (Lipinski definition) is 4. The molecule has 0 saturated carbocycles. The van der Waals surface area contributed by atoms with E-state index in [0.717, 1.165) is 5.56 Å². The first-order chi connectivity index (χ1) is 16.7. The molecule has 7 nitrogen and oxygen atoms in total. The van der Waals surface area contributed by atoms with Gasteiger partial charge in [0.15, 0.2) is 5.69 Å². The zero-order valence-electron chi connectivity index (χ0n) is 19.3. The van der Waals surface area contributed by atoms with E-state index in [9.17, 15) is 19.1 Å². The van der Waals surface area contributed by atoms with Crippen molar-refractivity contribution in [2.24, 2.45) is 0 Å². The van der Waals surface area contributed by atoms with Gasteiger partial charge in [0.2, 0.25) is 0 Å². The molecule has 184 valence electrons. The van der Waals surface area contributed by atoms with Gasteiger partial charge in [-0.05, 0) is 49.7 Å². The molecule has 2 atom stereocenters. The molecule has 0 spiro atoms. The third-order valence-corrected chi connectivity index (χ3v) is 7.00. The number of carbonyl (C=O) groups excluding carboxylic acids is 1. The molecule has 2 N–H and O–H groups in total. The highest BCUT2D eigenvalue weighted by Gasteiger charge is 2.34. The summed E-state index contributed by atoms with van der Waals surface area (Å²) >= 11 is 12.1. The van der Waals surface area contributed by atoms with Gasteiger partial charge in [0.25, 0.3) is 5.91 Å². The molecule has 2 aromatic carbocycles. The number of aromatic nitrogens is 2. The van der Waals surface area contributed by atoms with Crippen molar-refractivity contribution in [1.29, 1.82) is 0 Å². The molecule has 35 heavy (non-hydrogen) atoms. The number of fused-ring (bicyclic) bond motifs is 1. The molecule has 2 heterocycles. The summed E-state index contributed by atoms with van der Waals surface area (Å²) < 4.78 is 14.7. The molecule has 0 bridgehead atoms. The number of amides is 1. The number of rotatable bonds is 7. The maximum absolute atomic E-state index is 13.2. The first-order valence-electron chi connectivity index (χ1n) is 11.2. The number of hydrogen-bond donors (Lipinski definition) is 2. The van der Waals surface area contributed by atoms with Gasteiger partial charge in [-0.2, -0.15) is 5.10 Å². The smallest absolute Gasteiger partial charge is 0.354 e. The van der Waals surface area contributed by atoms with Crippen molar-refractivity contribution >= 4 is 35.1 Å². The van der Waals surface area contributed by atoms with Gasteiger partial charge in [0, 0.05) is 36.2 Å². The summed E-state index contributed by atoms with van der Waals surface area (Å²) in [6, 6.07) is 10.7. The molecule has 10 heteroatoms. The van der Waals surface area contributed by atoms with Crippen LogP contribution in [0.5, 0.6) is 0 Å². The maximum Gasteiger partial charge on any atom is 0.354 e. The second kappa shape index (κ2) is 10.4. The quantitative estimate of drug-likeness (QED) is 0.461. The van der Waals surface area contributed by atoms with Gasteiger partial charge in [-0.3, -0.25) is 9.48 Å². The molecule has 1 aromatic heterocycles. The fourth-order valence-electron chi connectivity index (χ4n) is 4.32. The van der Waals surface area contributed by atoms with Crippen LogP contribution in [-0.2, 0) is 19.5 Å². The van der Waals surface area contributed by atoms with Crippen LogP contribution in [0.4, 0.5) is 4.39 Å². The summed E-state index contributed by atoms with van der Waals surface area (Å²) in [6.45, 7) is 4.78. The molecule has 0 radical (unpaired) electrons. The van der Waals surface area contributed by atoms with Crippen molar-refractivity contribution in [3.05, 3.63) is 86.4 Å². The van der Waals surface area contributed by atoms with E-state index in [-0.39, 0.29) is 41.1 Å². The van der Waals surface area contributed by atoms with E-state index < -0.39 is 5.97 Å².